The fraction of sp³-hybridized carbons (Fsp3) is 0.214. The number of amides is 1. The lowest BCUT2D eigenvalue weighted by Gasteiger charge is -2.06. The van der Waals surface area contributed by atoms with Crippen LogP contribution in [0.4, 0.5) is 0 Å². The van der Waals surface area contributed by atoms with Crippen LogP contribution in [-0.4, -0.2) is 24.1 Å². The Kier molecular flexibility index (Phi) is 4.02. The van der Waals surface area contributed by atoms with E-state index in [4.69, 9.17) is 4.74 Å². The minimum absolute atomic E-state index is 0.0650. The third-order valence-electron chi connectivity index (χ3n) is 2.67. The molecule has 0 aliphatic carbocycles. The number of benzene rings is 1. The van der Waals surface area contributed by atoms with Crippen molar-refractivity contribution in [2.24, 2.45) is 0 Å². The molecule has 0 unspecified atom stereocenters. The SMILES string of the molecule is COc1ccc(C(=O)NCCn2cccc2)cc1. The van der Waals surface area contributed by atoms with E-state index in [-0.39, 0.29) is 5.91 Å². The van der Waals surface area contributed by atoms with Gasteiger partial charge in [0, 0.05) is 31.0 Å². The van der Waals surface area contributed by atoms with Crippen LogP contribution < -0.4 is 10.1 Å². The molecule has 4 nitrogen and oxygen atoms in total. The largest absolute Gasteiger partial charge is 0.497 e. The summed E-state index contributed by atoms with van der Waals surface area (Å²) in [4.78, 5) is 11.8. The molecule has 2 rings (SSSR count). The van der Waals surface area contributed by atoms with Crippen LogP contribution in [-0.2, 0) is 6.54 Å². The summed E-state index contributed by atoms with van der Waals surface area (Å²) in [6.45, 7) is 1.38. The Labute approximate surface area is 106 Å². The van der Waals surface area contributed by atoms with Crippen molar-refractivity contribution in [3.05, 3.63) is 54.4 Å². The molecule has 1 aromatic heterocycles. The summed E-state index contributed by atoms with van der Waals surface area (Å²) in [5, 5.41) is 2.87. The Morgan fingerprint density at radius 1 is 1.22 bits per heavy atom. The van der Waals surface area contributed by atoms with Gasteiger partial charge in [-0.2, -0.15) is 0 Å². The first kappa shape index (κ1) is 12.2. The lowest BCUT2D eigenvalue weighted by atomic mass is 10.2. The first-order valence-corrected chi connectivity index (χ1v) is 5.82. The van der Waals surface area contributed by atoms with Gasteiger partial charge in [-0.25, -0.2) is 0 Å². The second-order valence-electron chi connectivity index (χ2n) is 3.91. The van der Waals surface area contributed by atoms with E-state index in [2.05, 4.69) is 5.32 Å². The number of carbonyl (C=O) groups excluding carboxylic acids is 1. The molecule has 0 saturated carbocycles. The minimum Gasteiger partial charge on any atom is -0.497 e. The normalized spacial score (nSPS) is 10.1. The Bertz CT molecular complexity index is 489. The number of methoxy groups -OCH3 is 1. The zero-order valence-corrected chi connectivity index (χ0v) is 10.3. The number of nitrogens with zero attached hydrogens (tertiary/aromatic N) is 1. The second kappa shape index (κ2) is 5.91. The predicted octanol–water partition coefficient (Wildman–Crippen LogP) is 1.93. The summed E-state index contributed by atoms with van der Waals surface area (Å²) in [5.41, 5.74) is 0.642. The molecule has 0 aliphatic heterocycles. The summed E-state index contributed by atoms with van der Waals surface area (Å²) < 4.78 is 7.07. The van der Waals surface area contributed by atoms with Crippen LogP contribution in [0.2, 0.25) is 0 Å². The van der Waals surface area contributed by atoms with Gasteiger partial charge in [-0.3, -0.25) is 4.79 Å². The number of rotatable bonds is 5. The van der Waals surface area contributed by atoms with Crippen LogP contribution in [0.1, 0.15) is 10.4 Å². The van der Waals surface area contributed by atoms with Gasteiger partial charge in [-0.1, -0.05) is 0 Å². The third kappa shape index (κ3) is 3.13. The highest BCUT2D eigenvalue weighted by atomic mass is 16.5. The van der Waals surface area contributed by atoms with Gasteiger partial charge in [-0.15, -0.1) is 0 Å². The second-order valence-corrected chi connectivity index (χ2v) is 3.91. The van der Waals surface area contributed by atoms with E-state index in [1.165, 1.54) is 0 Å². The van der Waals surface area contributed by atoms with Crippen molar-refractivity contribution in [3.63, 3.8) is 0 Å². The highest BCUT2D eigenvalue weighted by Crippen LogP contribution is 2.10. The number of hydrogen-bond donors (Lipinski definition) is 1. The average molecular weight is 244 g/mol. The van der Waals surface area contributed by atoms with E-state index in [1.807, 2.05) is 29.1 Å². The van der Waals surface area contributed by atoms with Gasteiger partial charge in [0.25, 0.3) is 5.91 Å². The van der Waals surface area contributed by atoms with Crippen LogP contribution in [0.3, 0.4) is 0 Å². The zero-order valence-electron chi connectivity index (χ0n) is 10.3. The molecule has 2 aromatic rings. The molecular formula is C14H16N2O2. The number of nitrogens with one attached hydrogen (secondary N) is 1. The molecule has 0 spiro atoms. The van der Waals surface area contributed by atoms with Gasteiger partial charge in [0.1, 0.15) is 5.75 Å². The van der Waals surface area contributed by atoms with Gasteiger partial charge in [0.2, 0.25) is 0 Å². The smallest absolute Gasteiger partial charge is 0.251 e. The van der Waals surface area contributed by atoms with Crippen molar-refractivity contribution in [1.82, 2.24) is 9.88 Å². The first-order valence-electron chi connectivity index (χ1n) is 5.82. The van der Waals surface area contributed by atoms with Crippen molar-refractivity contribution in [2.75, 3.05) is 13.7 Å². The Hall–Kier alpha value is -2.23. The quantitative estimate of drug-likeness (QED) is 0.873. The highest BCUT2D eigenvalue weighted by Gasteiger charge is 2.04. The van der Waals surface area contributed by atoms with E-state index in [9.17, 15) is 4.79 Å². The summed E-state index contributed by atoms with van der Waals surface area (Å²) in [5.74, 6) is 0.684. The lowest BCUT2D eigenvalue weighted by Crippen LogP contribution is -2.26. The summed E-state index contributed by atoms with van der Waals surface area (Å²) in [7, 11) is 1.60. The predicted molar refractivity (Wildman–Crippen MR) is 69.8 cm³/mol. The van der Waals surface area contributed by atoms with E-state index in [1.54, 1.807) is 31.4 Å². The number of hydrogen-bond acceptors (Lipinski definition) is 2. The molecular weight excluding hydrogens is 228 g/mol. The van der Waals surface area contributed by atoms with Gasteiger partial charge in [-0.05, 0) is 36.4 Å². The molecule has 0 bridgehead atoms. The van der Waals surface area contributed by atoms with Crippen LogP contribution in [0.5, 0.6) is 5.75 Å². The Morgan fingerprint density at radius 3 is 2.50 bits per heavy atom. The van der Waals surface area contributed by atoms with Crippen LogP contribution >= 0.6 is 0 Å². The maximum absolute atomic E-state index is 11.8. The first-order chi connectivity index (χ1) is 8.79. The molecule has 0 radical (unpaired) electrons. The van der Waals surface area contributed by atoms with E-state index < -0.39 is 0 Å². The van der Waals surface area contributed by atoms with Crippen LogP contribution in [0.15, 0.2) is 48.8 Å². The highest BCUT2D eigenvalue weighted by molar-refractivity contribution is 5.94. The molecule has 0 saturated heterocycles. The fourth-order valence-electron chi connectivity index (χ4n) is 1.66. The van der Waals surface area contributed by atoms with Gasteiger partial charge in [0.15, 0.2) is 0 Å². The molecule has 18 heavy (non-hydrogen) atoms. The van der Waals surface area contributed by atoms with Crippen molar-refractivity contribution in [3.8, 4) is 5.75 Å². The third-order valence-corrected chi connectivity index (χ3v) is 2.67. The van der Waals surface area contributed by atoms with E-state index in [0.717, 1.165) is 12.3 Å². The Morgan fingerprint density at radius 2 is 1.89 bits per heavy atom. The fourth-order valence-corrected chi connectivity index (χ4v) is 1.66. The molecule has 0 aliphatic rings. The molecule has 1 N–H and O–H groups in total. The maximum atomic E-state index is 11.8. The zero-order chi connectivity index (χ0) is 12.8. The topological polar surface area (TPSA) is 43.3 Å². The molecule has 4 heteroatoms. The summed E-state index contributed by atoms with van der Waals surface area (Å²) in [6, 6.07) is 11.0. The standard InChI is InChI=1S/C14H16N2O2/c1-18-13-6-4-12(5-7-13)14(17)15-8-11-16-9-2-3-10-16/h2-7,9-10H,8,11H2,1H3,(H,15,17). The molecule has 1 amide bonds. The number of aromatic nitrogens is 1. The minimum atomic E-state index is -0.0650. The monoisotopic (exact) mass is 244 g/mol. The van der Waals surface area contributed by atoms with Crippen molar-refractivity contribution in [2.45, 2.75) is 6.54 Å². The van der Waals surface area contributed by atoms with Crippen LogP contribution in [0, 0.1) is 0 Å². The van der Waals surface area contributed by atoms with Crippen molar-refractivity contribution in [1.29, 1.82) is 0 Å². The molecule has 94 valence electrons. The Balaban J connectivity index is 1.83. The van der Waals surface area contributed by atoms with Gasteiger partial charge in [0.05, 0.1) is 7.11 Å². The van der Waals surface area contributed by atoms with Gasteiger partial charge < -0.3 is 14.6 Å². The summed E-state index contributed by atoms with van der Waals surface area (Å²) >= 11 is 0. The lowest BCUT2D eigenvalue weighted by molar-refractivity contribution is 0.0952. The average Bonchev–Trinajstić information content (AvgIpc) is 2.92. The van der Waals surface area contributed by atoms with E-state index in [0.29, 0.717) is 12.1 Å². The molecule has 0 fully saturated rings. The van der Waals surface area contributed by atoms with Crippen LogP contribution in [0.25, 0.3) is 0 Å². The van der Waals surface area contributed by atoms with E-state index >= 15 is 0 Å². The number of carbonyl (C=O) groups is 1. The molecule has 1 heterocycles. The molecule has 0 atom stereocenters. The van der Waals surface area contributed by atoms with Crippen molar-refractivity contribution >= 4 is 5.91 Å². The maximum Gasteiger partial charge on any atom is 0.251 e. The summed E-state index contributed by atoms with van der Waals surface area (Å²) in [6.07, 6.45) is 3.94. The molecule has 1 aromatic carbocycles. The van der Waals surface area contributed by atoms with Gasteiger partial charge >= 0.3 is 0 Å². The number of ether oxygens (including phenoxy) is 1. The van der Waals surface area contributed by atoms with Crippen molar-refractivity contribution < 1.29 is 9.53 Å².